The fourth-order valence-electron chi connectivity index (χ4n) is 3.13. The van der Waals surface area contributed by atoms with Gasteiger partial charge in [-0.1, -0.05) is 23.2 Å². The van der Waals surface area contributed by atoms with Crippen LogP contribution in [-0.4, -0.2) is 27.2 Å². The summed E-state index contributed by atoms with van der Waals surface area (Å²) in [5.74, 6) is -0.0937. The van der Waals surface area contributed by atoms with Crippen LogP contribution >= 0.6 is 23.2 Å². The number of halogens is 2. The van der Waals surface area contributed by atoms with Crippen LogP contribution < -0.4 is 4.90 Å². The highest BCUT2D eigenvalue weighted by molar-refractivity contribution is 6.36. The zero-order valence-electron chi connectivity index (χ0n) is 13.4. The van der Waals surface area contributed by atoms with Gasteiger partial charge in [0.15, 0.2) is 0 Å². The van der Waals surface area contributed by atoms with E-state index in [4.69, 9.17) is 23.2 Å². The van der Waals surface area contributed by atoms with Crippen molar-refractivity contribution in [3.63, 3.8) is 0 Å². The van der Waals surface area contributed by atoms with Crippen LogP contribution in [-0.2, 0) is 13.5 Å². The third kappa shape index (κ3) is 2.69. The number of amides is 1. The summed E-state index contributed by atoms with van der Waals surface area (Å²) < 4.78 is 1.72. The molecule has 0 N–H and O–H groups in total. The average Bonchev–Trinajstić information content (AvgIpc) is 3.02. The van der Waals surface area contributed by atoms with Crippen LogP contribution in [0.15, 0.2) is 42.9 Å². The first-order valence-corrected chi connectivity index (χ1v) is 8.54. The molecule has 1 aliphatic rings. The minimum Gasteiger partial charge on any atom is -0.305 e. The number of carbonyl (C=O) groups is 1. The Hall–Kier alpha value is -2.37. The molecule has 126 valence electrons. The van der Waals surface area contributed by atoms with Crippen LogP contribution in [0.1, 0.15) is 15.9 Å². The molecule has 0 spiro atoms. The van der Waals surface area contributed by atoms with E-state index < -0.39 is 0 Å². The molecule has 1 aliphatic heterocycles. The van der Waals surface area contributed by atoms with E-state index in [0.29, 0.717) is 34.3 Å². The second-order valence-electron chi connectivity index (χ2n) is 5.87. The molecular formula is C18H14Cl2N4O. The number of hydrogen-bond donors (Lipinski definition) is 0. The molecule has 7 heteroatoms. The first kappa shape index (κ1) is 16.1. The number of pyridine rings is 1. The van der Waals surface area contributed by atoms with Gasteiger partial charge in [-0.3, -0.25) is 14.5 Å². The molecule has 0 bridgehead atoms. The molecule has 4 rings (SSSR count). The third-order valence-corrected chi connectivity index (χ3v) is 5.03. The van der Waals surface area contributed by atoms with Crippen molar-refractivity contribution in [2.45, 2.75) is 6.42 Å². The van der Waals surface area contributed by atoms with Gasteiger partial charge in [-0.15, -0.1) is 0 Å². The second-order valence-corrected chi connectivity index (χ2v) is 6.68. The van der Waals surface area contributed by atoms with E-state index in [-0.39, 0.29) is 5.91 Å². The number of aromatic nitrogens is 3. The van der Waals surface area contributed by atoms with Crippen LogP contribution in [0, 0.1) is 0 Å². The summed E-state index contributed by atoms with van der Waals surface area (Å²) in [6.45, 7) is 0.530. The maximum Gasteiger partial charge on any atom is 0.258 e. The molecule has 3 aromatic rings. The normalized spacial score (nSPS) is 13.9. The zero-order chi connectivity index (χ0) is 17.6. The Labute approximate surface area is 154 Å². The van der Waals surface area contributed by atoms with Gasteiger partial charge < -0.3 is 4.90 Å². The molecule has 0 fully saturated rings. The van der Waals surface area contributed by atoms with E-state index in [1.165, 1.54) is 0 Å². The summed E-state index contributed by atoms with van der Waals surface area (Å²) in [6.07, 6.45) is 5.73. The smallest absolute Gasteiger partial charge is 0.258 e. The van der Waals surface area contributed by atoms with E-state index in [9.17, 15) is 4.79 Å². The van der Waals surface area contributed by atoms with Gasteiger partial charge >= 0.3 is 0 Å². The van der Waals surface area contributed by atoms with Gasteiger partial charge in [-0.05, 0) is 36.2 Å². The fraction of sp³-hybridized carbons (Fsp3) is 0.167. The van der Waals surface area contributed by atoms with Crippen LogP contribution in [0.4, 0.5) is 5.69 Å². The predicted molar refractivity (Wildman–Crippen MR) is 98.3 cm³/mol. The lowest BCUT2D eigenvalue weighted by Gasteiger charge is -2.29. The molecule has 3 heterocycles. The number of hydrogen-bond acceptors (Lipinski definition) is 3. The van der Waals surface area contributed by atoms with Crippen molar-refractivity contribution in [1.82, 2.24) is 14.8 Å². The molecule has 0 aliphatic carbocycles. The standard InChI is InChI=1S/C18H14Cl2N4O/c1-23-15(4-6-22-23)14-9-21-10-16(17(14)20)24-7-5-11-8-12(19)2-3-13(11)18(24)25/h2-4,6,8-10H,5,7H2,1H3. The van der Waals surface area contributed by atoms with E-state index in [1.54, 1.807) is 40.3 Å². The molecule has 0 saturated carbocycles. The van der Waals surface area contributed by atoms with E-state index in [2.05, 4.69) is 10.1 Å². The fourth-order valence-corrected chi connectivity index (χ4v) is 3.62. The van der Waals surface area contributed by atoms with Crippen LogP contribution in [0.3, 0.4) is 0 Å². The van der Waals surface area contributed by atoms with Gasteiger partial charge in [0, 0.05) is 42.1 Å². The minimum absolute atomic E-state index is 0.0937. The largest absolute Gasteiger partial charge is 0.305 e. The average molecular weight is 373 g/mol. The number of carbonyl (C=O) groups excluding carboxylic acids is 1. The van der Waals surface area contributed by atoms with Crippen LogP contribution in [0.5, 0.6) is 0 Å². The van der Waals surface area contributed by atoms with E-state index >= 15 is 0 Å². The summed E-state index contributed by atoms with van der Waals surface area (Å²) in [7, 11) is 1.84. The Bertz CT molecular complexity index is 983. The lowest BCUT2D eigenvalue weighted by atomic mass is 9.98. The van der Waals surface area contributed by atoms with Crippen molar-refractivity contribution < 1.29 is 4.79 Å². The summed E-state index contributed by atoms with van der Waals surface area (Å²) >= 11 is 12.7. The molecule has 2 aromatic heterocycles. The first-order chi connectivity index (χ1) is 12.1. The molecular weight excluding hydrogens is 359 g/mol. The van der Waals surface area contributed by atoms with Gasteiger partial charge in [0.25, 0.3) is 5.91 Å². The first-order valence-electron chi connectivity index (χ1n) is 7.78. The number of anilines is 1. The third-order valence-electron chi connectivity index (χ3n) is 4.40. The molecule has 1 aromatic carbocycles. The summed E-state index contributed by atoms with van der Waals surface area (Å²) in [5.41, 5.74) is 3.80. The predicted octanol–water partition coefficient (Wildman–Crippen LogP) is 3.99. The Morgan fingerprint density at radius 3 is 2.72 bits per heavy atom. The number of benzene rings is 1. The van der Waals surface area contributed by atoms with Crippen LogP contribution in [0.2, 0.25) is 10.0 Å². The number of aryl methyl sites for hydroxylation is 1. The Morgan fingerprint density at radius 1 is 1.12 bits per heavy atom. The lowest BCUT2D eigenvalue weighted by molar-refractivity contribution is 0.0980. The molecule has 0 atom stereocenters. The maximum atomic E-state index is 12.9. The quantitative estimate of drug-likeness (QED) is 0.683. The van der Waals surface area contributed by atoms with Gasteiger partial charge in [-0.2, -0.15) is 5.10 Å². The van der Waals surface area contributed by atoms with Crippen molar-refractivity contribution in [3.05, 3.63) is 64.0 Å². The van der Waals surface area contributed by atoms with E-state index in [0.717, 1.165) is 16.8 Å². The Balaban J connectivity index is 1.77. The topological polar surface area (TPSA) is 51.0 Å². The molecule has 0 radical (unpaired) electrons. The molecule has 1 amide bonds. The van der Waals surface area contributed by atoms with Crippen molar-refractivity contribution in [3.8, 4) is 11.3 Å². The van der Waals surface area contributed by atoms with Gasteiger partial charge in [0.2, 0.25) is 0 Å². The van der Waals surface area contributed by atoms with Gasteiger partial charge in [-0.25, -0.2) is 0 Å². The van der Waals surface area contributed by atoms with Crippen molar-refractivity contribution in [1.29, 1.82) is 0 Å². The van der Waals surface area contributed by atoms with Crippen molar-refractivity contribution in [2.24, 2.45) is 7.05 Å². The molecule has 0 saturated heterocycles. The SMILES string of the molecule is Cn1nccc1-c1cncc(N2CCc3cc(Cl)ccc3C2=O)c1Cl. The highest BCUT2D eigenvalue weighted by Gasteiger charge is 2.28. The molecule has 0 unspecified atom stereocenters. The molecule has 5 nitrogen and oxygen atoms in total. The highest BCUT2D eigenvalue weighted by Crippen LogP contribution is 2.36. The van der Waals surface area contributed by atoms with E-state index in [1.807, 2.05) is 19.2 Å². The molecule has 25 heavy (non-hydrogen) atoms. The Morgan fingerprint density at radius 2 is 1.96 bits per heavy atom. The van der Waals surface area contributed by atoms with Crippen LogP contribution in [0.25, 0.3) is 11.3 Å². The minimum atomic E-state index is -0.0937. The summed E-state index contributed by atoms with van der Waals surface area (Å²) in [5, 5.41) is 5.29. The highest BCUT2D eigenvalue weighted by atomic mass is 35.5. The lowest BCUT2D eigenvalue weighted by Crippen LogP contribution is -2.38. The Kier molecular flexibility index (Phi) is 3.98. The second kappa shape index (κ2) is 6.17. The maximum absolute atomic E-state index is 12.9. The summed E-state index contributed by atoms with van der Waals surface area (Å²) in [4.78, 5) is 18.9. The van der Waals surface area contributed by atoms with Crippen molar-refractivity contribution >= 4 is 34.8 Å². The number of rotatable bonds is 2. The number of fused-ring (bicyclic) bond motifs is 1. The number of nitrogens with zero attached hydrogens (tertiary/aromatic N) is 4. The zero-order valence-corrected chi connectivity index (χ0v) is 14.9. The van der Waals surface area contributed by atoms with Gasteiger partial charge in [0.1, 0.15) is 0 Å². The summed E-state index contributed by atoms with van der Waals surface area (Å²) in [6, 6.07) is 7.20. The van der Waals surface area contributed by atoms with Gasteiger partial charge in [0.05, 0.1) is 22.6 Å². The van der Waals surface area contributed by atoms with Crippen molar-refractivity contribution in [2.75, 3.05) is 11.4 Å². The monoisotopic (exact) mass is 372 g/mol.